The summed E-state index contributed by atoms with van der Waals surface area (Å²) in [6.45, 7) is 4.47. The van der Waals surface area contributed by atoms with Gasteiger partial charge in [-0.15, -0.1) is 0 Å². The van der Waals surface area contributed by atoms with E-state index in [9.17, 15) is 27.6 Å². The molecular weight excluding hydrogens is 690 g/mol. The average Bonchev–Trinajstić information content (AvgIpc) is 4.02. The first-order valence-electron chi connectivity index (χ1n) is 18.2. The number of hydrogen-bond donors (Lipinski definition) is 2. The molecule has 282 valence electrons. The fraction of sp³-hybridized carbons (Fsp3) is 0.667. The second-order valence-electron chi connectivity index (χ2n) is 15.4. The van der Waals surface area contributed by atoms with E-state index in [1.807, 2.05) is 0 Å². The van der Waals surface area contributed by atoms with Gasteiger partial charge >= 0.3 is 6.18 Å². The summed E-state index contributed by atoms with van der Waals surface area (Å²) in [7, 11) is 0. The number of aromatic nitrogens is 1. The Hall–Kier alpha value is -3.76. The van der Waals surface area contributed by atoms with Crippen LogP contribution in [0.5, 0.6) is 5.75 Å². The molecule has 0 bridgehead atoms. The lowest BCUT2D eigenvalue weighted by Gasteiger charge is -2.51. The summed E-state index contributed by atoms with van der Waals surface area (Å²) in [4.78, 5) is 44.2. The SMILES string of the molecule is Cc1onc(C(=O)N[C@H](C(=O)Nc2cc3c(cc2F)C(N2CC(C(F)(F)F)OCC2=O)CC2(CCN(C4COC4)CC2)O3)C(C2CC2)C2CC2)c1C. The normalized spacial score (nSPS) is 25.8. The number of anilines is 1. The lowest BCUT2D eigenvalue weighted by Crippen LogP contribution is -2.59. The highest BCUT2D eigenvalue weighted by atomic mass is 19.4. The summed E-state index contributed by atoms with van der Waals surface area (Å²) in [6.07, 6.45) is -1.95. The monoisotopic (exact) mass is 733 g/mol. The lowest BCUT2D eigenvalue weighted by atomic mass is 9.79. The van der Waals surface area contributed by atoms with Gasteiger partial charge in [-0.2, -0.15) is 13.2 Å². The fourth-order valence-electron chi connectivity index (χ4n) is 8.43. The van der Waals surface area contributed by atoms with Crippen LogP contribution in [-0.2, 0) is 19.1 Å². The number of benzene rings is 1. The predicted octanol–water partition coefficient (Wildman–Crippen LogP) is 4.45. The van der Waals surface area contributed by atoms with E-state index >= 15 is 4.39 Å². The van der Waals surface area contributed by atoms with Gasteiger partial charge in [0.2, 0.25) is 11.8 Å². The van der Waals surface area contributed by atoms with Crippen molar-refractivity contribution in [2.45, 2.75) is 94.8 Å². The average molecular weight is 734 g/mol. The summed E-state index contributed by atoms with van der Waals surface area (Å²) in [5, 5.41) is 9.49. The first-order valence-corrected chi connectivity index (χ1v) is 18.2. The number of carbonyl (C=O) groups excluding carboxylic acids is 3. The Morgan fingerprint density at radius 3 is 2.33 bits per heavy atom. The first-order chi connectivity index (χ1) is 24.8. The van der Waals surface area contributed by atoms with Crippen molar-refractivity contribution in [2.75, 3.05) is 44.8 Å². The van der Waals surface area contributed by atoms with E-state index in [1.54, 1.807) is 13.8 Å². The zero-order valence-corrected chi connectivity index (χ0v) is 29.1. The minimum absolute atomic E-state index is 0.0756. The molecule has 12 nitrogen and oxygen atoms in total. The molecule has 2 saturated carbocycles. The molecule has 3 saturated heterocycles. The molecule has 6 aliphatic rings. The number of rotatable bonds is 9. The molecule has 2 N–H and O–H groups in total. The Balaban J connectivity index is 1.10. The number of halogens is 4. The van der Waals surface area contributed by atoms with E-state index in [0.29, 0.717) is 50.5 Å². The van der Waals surface area contributed by atoms with Gasteiger partial charge in [-0.25, -0.2) is 4.39 Å². The number of ether oxygens (including phenoxy) is 3. The van der Waals surface area contributed by atoms with Gasteiger partial charge in [0.15, 0.2) is 11.8 Å². The molecule has 8 rings (SSSR count). The van der Waals surface area contributed by atoms with Gasteiger partial charge in [0, 0.05) is 36.7 Å². The van der Waals surface area contributed by atoms with Crippen LogP contribution >= 0.6 is 0 Å². The maximum absolute atomic E-state index is 16.1. The van der Waals surface area contributed by atoms with Gasteiger partial charge in [-0.1, -0.05) is 5.16 Å². The number of carbonyl (C=O) groups is 3. The van der Waals surface area contributed by atoms with Gasteiger partial charge in [-0.3, -0.25) is 19.3 Å². The first kappa shape index (κ1) is 35.3. The molecule has 3 atom stereocenters. The second-order valence-corrected chi connectivity index (χ2v) is 15.4. The standard InChI is InChI=1S/C36H43F4N5O7/c1-18-19(2)52-43-31(18)33(47)42-32(30(20-3-4-20)21-5-6-21)34(48)41-25-12-27-23(11-24(25)37)26(45-14-28(36(38,39)40)50-17-29(45)46)13-35(51-27)7-9-44(10-8-35)22-15-49-16-22/h11-12,20-22,26,28,30,32H,3-10,13-17H2,1-2H3,(H,41,48)(H,42,47)/t26?,28?,32-/m0/s1. The van der Waals surface area contributed by atoms with E-state index < -0.39 is 66.7 Å². The second kappa shape index (κ2) is 13.3. The Kier molecular flexibility index (Phi) is 9.00. The lowest BCUT2D eigenvalue weighted by molar-refractivity contribution is -0.238. The number of aryl methyl sites for hydroxylation is 1. The largest absolute Gasteiger partial charge is 0.487 e. The number of amides is 3. The van der Waals surface area contributed by atoms with Gasteiger partial charge in [0.25, 0.3) is 5.91 Å². The highest BCUT2D eigenvalue weighted by Crippen LogP contribution is 2.52. The number of likely N-dealkylation sites (tertiary alicyclic amines) is 1. The number of piperidine rings is 1. The number of nitrogens with zero attached hydrogens (tertiary/aromatic N) is 3. The summed E-state index contributed by atoms with van der Waals surface area (Å²) in [5.41, 5.74) is -0.186. The predicted molar refractivity (Wildman–Crippen MR) is 175 cm³/mol. The summed E-state index contributed by atoms with van der Waals surface area (Å²) in [6, 6.07) is 0.891. The van der Waals surface area contributed by atoms with Crippen LogP contribution in [0.4, 0.5) is 23.2 Å². The van der Waals surface area contributed by atoms with E-state index in [2.05, 4.69) is 20.7 Å². The quantitative estimate of drug-likeness (QED) is 0.359. The molecule has 4 aliphatic heterocycles. The van der Waals surface area contributed by atoms with Gasteiger partial charge in [0.1, 0.15) is 35.6 Å². The summed E-state index contributed by atoms with van der Waals surface area (Å²) in [5.74, 6) is -1.63. The molecule has 5 heterocycles. The molecule has 52 heavy (non-hydrogen) atoms. The van der Waals surface area contributed by atoms with E-state index in [1.165, 1.54) is 6.07 Å². The van der Waals surface area contributed by atoms with Crippen molar-refractivity contribution in [3.05, 3.63) is 40.5 Å². The highest BCUT2D eigenvalue weighted by Gasteiger charge is 2.52. The van der Waals surface area contributed by atoms with Crippen LogP contribution in [-0.4, -0.2) is 102 Å². The van der Waals surface area contributed by atoms with Gasteiger partial charge in [-0.05, 0) is 76.2 Å². The molecule has 0 radical (unpaired) electrons. The van der Waals surface area contributed by atoms with Crippen molar-refractivity contribution in [2.24, 2.45) is 17.8 Å². The Morgan fingerprint density at radius 2 is 1.75 bits per heavy atom. The molecule has 1 aromatic heterocycles. The summed E-state index contributed by atoms with van der Waals surface area (Å²) < 4.78 is 79.7. The Bertz CT molecular complexity index is 1720. The zero-order valence-electron chi connectivity index (χ0n) is 29.1. The molecule has 1 aromatic carbocycles. The van der Waals surface area contributed by atoms with Crippen LogP contribution in [0, 0.1) is 37.4 Å². The van der Waals surface area contributed by atoms with E-state index in [0.717, 1.165) is 36.6 Å². The Labute approximate surface area is 297 Å². The molecule has 5 fully saturated rings. The van der Waals surface area contributed by atoms with Crippen molar-refractivity contribution in [3.63, 3.8) is 0 Å². The van der Waals surface area contributed by atoms with Crippen molar-refractivity contribution < 1.29 is 50.7 Å². The van der Waals surface area contributed by atoms with Crippen LogP contribution in [0.25, 0.3) is 0 Å². The molecule has 1 spiro atoms. The minimum Gasteiger partial charge on any atom is -0.487 e. The van der Waals surface area contributed by atoms with Crippen LogP contribution in [0.3, 0.4) is 0 Å². The Morgan fingerprint density at radius 1 is 1.06 bits per heavy atom. The topological polar surface area (TPSA) is 135 Å². The van der Waals surface area contributed by atoms with Crippen molar-refractivity contribution >= 4 is 23.4 Å². The molecule has 16 heteroatoms. The van der Waals surface area contributed by atoms with Crippen LogP contribution in [0.2, 0.25) is 0 Å². The smallest absolute Gasteiger partial charge is 0.416 e. The number of morpholine rings is 1. The third-order valence-electron chi connectivity index (χ3n) is 11.9. The number of hydrogen-bond acceptors (Lipinski definition) is 9. The molecule has 3 amide bonds. The molecule has 2 aliphatic carbocycles. The van der Waals surface area contributed by atoms with Crippen molar-refractivity contribution in [1.29, 1.82) is 0 Å². The minimum atomic E-state index is -4.70. The van der Waals surface area contributed by atoms with E-state index in [-0.39, 0.29) is 52.9 Å². The van der Waals surface area contributed by atoms with E-state index in [4.69, 9.17) is 18.7 Å². The summed E-state index contributed by atoms with van der Waals surface area (Å²) >= 11 is 0. The van der Waals surface area contributed by atoms with Gasteiger partial charge < -0.3 is 34.3 Å². The maximum Gasteiger partial charge on any atom is 0.416 e. The third-order valence-corrected chi connectivity index (χ3v) is 11.9. The van der Waals surface area contributed by atoms with Crippen molar-refractivity contribution in [1.82, 2.24) is 20.3 Å². The molecular formula is C36H43F4N5O7. The van der Waals surface area contributed by atoms with Crippen LogP contribution in [0.1, 0.15) is 78.4 Å². The molecule has 2 aromatic rings. The third kappa shape index (κ3) is 6.77. The number of fused-ring (bicyclic) bond motifs is 1. The fourth-order valence-corrected chi connectivity index (χ4v) is 8.43. The van der Waals surface area contributed by atoms with Crippen LogP contribution < -0.4 is 15.4 Å². The zero-order chi connectivity index (χ0) is 36.5. The van der Waals surface area contributed by atoms with Crippen molar-refractivity contribution in [3.8, 4) is 5.75 Å². The number of alkyl halides is 3. The van der Waals surface area contributed by atoms with Gasteiger partial charge in [0.05, 0.1) is 37.5 Å². The molecule has 2 unspecified atom stereocenters. The maximum atomic E-state index is 16.1. The van der Waals surface area contributed by atoms with Crippen LogP contribution in [0.15, 0.2) is 16.7 Å². The highest BCUT2D eigenvalue weighted by molar-refractivity contribution is 6.01. The number of nitrogens with one attached hydrogen (secondary N) is 2.